The largest absolute Gasteiger partial charge is 0.493 e. The molecule has 3 aromatic rings. The predicted molar refractivity (Wildman–Crippen MR) is 105 cm³/mol. The van der Waals surface area contributed by atoms with Gasteiger partial charge in [-0.2, -0.15) is 0 Å². The molecule has 2 atom stereocenters. The predicted octanol–water partition coefficient (Wildman–Crippen LogP) is 2.40. The van der Waals surface area contributed by atoms with Crippen molar-refractivity contribution in [3.05, 3.63) is 76.2 Å². The molecule has 0 saturated heterocycles. The number of carbonyl (C=O) groups excluding carboxylic acids is 1. The number of amides is 2. The van der Waals surface area contributed by atoms with Crippen molar-refractivity contribution < 1.29 is 14.3 Å². The van der Waals surface area contributed by atoms with Gasteiger partial charge < -0.3 is 19.7 Å². The van der Waals surface area contributed by atoms with Crippen LogP contribution in [0.25, 0.3) is 0 Å². The molecule has 2 amide bonds. The molecule has 0 radical (unpaired) electrons. The van der Waals surface area contributed by atoms with E-state index in [1.54, 1.807) is 27.9 Å². The summed E-state index contributed by atoms with van der Waals surface area (Å²) in [4.78, 5) is 27.0. The first-order chi connectivity index (χ1) is 14.1. The second-order valence-electron chi connectivity index (χ2n) is 7.55. The van der Waals surface area contributed by atoms with Crippen molar-refractivity contribution in [3.63, 3.8) is 0 Å². The summed E-state index contributed by atoms with van der Waals surface area (Å²) in [5.74, 6) is 0.876. The van der Waals surface area contributed by atoms with Crippen LogP contribution in [-0.2, 0) is 19.6 Å². The number of aromatic nitrogens is 2. The van der Waals surface area contributed by atoms with Crippen LogP contribution in [0.1, 0.15) is 35.4 Å². The molecule has 0 bridgehead atoms. The number of urea groups is 1. The average molecular weight is 394 g/mol. The quantitative estimate of drug-likeness (QED) is 0.711. The third-order valence-electron chi connectivity index (χ3n) is 5.78. The second-order valence-corrected chi connectivity index (χ2v) is 7.55. The van der Waals surface area contributed by atoms with Gasteiger partial charge in [-0.25, -0.2) is 9.59 Å². The van der Waals surface area contributed by atoms with Gasteiger partial charge in [0.05, 0.1) is 19.4 Å². The van der Waals surface area contributed by atoms with Crippen molar-refractivity contribution in [2.45, 2.75) is 38.0 Å². The van der Waals surface area contributed by atoms with Crippen LogP contribution in [0.4, 0.5) is 4.79 Å². The van der Waals surface area contributed by atoms with Crippen molar-refractivity contribution in [1.29, 1.82) is 0 Å². The van der Waals surface area contributed by atoms with Gasteiger partial charge in [-0.05, 0) is 24.1 Å². The minimum atomic E-state index is -0.249. The molecule has 8 heteroatoms. The first kappa shape index (κ1) is 17.7. The monoisotopic (exact) mass is 394 g/mol. The standard InChI is InChI=1S/C21H22N4O4/c26-19-18-13-23(20(27)22-12-15-7-4-10-29-15)8-9-24(18)21(28)25(19)17-11-16(17)14-5-2-1-3-6-14/h1-7,10,16-17,26H,8-9,11-13H2,(H,22,27)/t16-,17+/m1/s1. The van der Waals surface area contributed by atoms with Gasteiger partial charge in [-0.1, -0.05) is 30.3 Å². The smallest absolute Gasteiger partial charge is 0.331 e. The van der Waals surface area contributed by atoms with E-state index in [1.165, 1.54) is 10.1 Å². The lowest BCUT2D eigenvalue weighted by molar-refractivity contribution is 0.180. The van der Waals surface area contributed by atoms with E-state index < -0.39 is 0 Å². The lowest BCUT2D eigenvalue weighted by atomic mass is 10.1. The van der Waals surface area contributed by atoms with Crippen molar-refractivity contribution in [2.75, 3.05) is 6.54 Å². The fourth-order valence-corrected chi connectivity index (χ4v) is 4.15. The number of nitrogens with one attached hydrogen (secondary N) is 1. The SMILES string of the molecule is O=C(NCc1ccco1)N1CCn2c(c(O)n([C@H]3C[C@@H]3c3ccccc3)c2=O)C1. The Balaban J connectivity index is 1.32. The summed E-state index contributed by atoms with van der Waals surface area (Å²) in [6.45, 7) is 1.27. The highest BCUT2D eigenvalue weighted by Gasteiger charge is 2.44. The molecule has 0 unspecified atom stereocenters. The van der Waals surface area contributed by atoms with Crippen molar-refractivity contribution in [2.24, 2.45) is 0 Å². The number of fused-ring (bicyclic) bond motifs is 1. The Hall–Kier alpha value is -3.42. The Morgan fingerprint density at radius 3 is 2.76 bits per heavy atom. The highest BCUT2D eigenvalue weighted by Crippen LogP contribution is 2.52. The molecule has 1 aliphatic carbocycles. The Labute approximate surface area is 167 Å². The fourth-order valence-electron chi connectivity index (χ4n) is 4.15. The fraction of sp³-hybridized carbons (Fsp3) is 0.333. The van der Waals surface area contributed by atoms with Gasteiger partial charge in [0.25, 0.3) is 0 Å². The van der Waals surface area contributed by atoms with Crippen LogP contribution in [0.5, 0.6) is 5.88 Å². The van der Waals surface area contributed by atoms with E-state index in [1.807, 2.05) is 30.3 Å². The molecule has 2 aromatic heterocycles. The number of hydrogen-bond acceptors (Lipinski definition) is 4. The minimum absolute atomic E-state index is 0.0260. The van der Waals surface area contributed by atoms with Crippen LogP contribution in [0.3, 0.4) is 0 Å². The van der Waals surface area contributed by atoms with Crippen molar-refractivity contribution in [3.8, 4) is 5.88 Å². The summed E-state index contributed by atoms with van der Waals surface area (Å²) in [7, 11) is 0. The highest BCUT2D eigenvalue weighted by atomic mass is 16.3. The van der Waals surface area contributed by atoms with Crippen LogP contribution in [0.2, 0.25) is 0 Å². The molecule has 8 nitrogen and oxygen atoms in total. The summed E-state index contributed by atoms with van der Waals surface area (Å²) in [6.07, 6.45) is 2.39. The summed E-state index contributed by atoms with van der Waals surface area (Å²) in [5, 5.41) is 13.6. The summed E-state index contributed by atoms with van der Waals surface area (Å²) < 4.78 is 8.31. The average Bonchev–Trinajstić information content (AvgIpc) is 3.26. The molecule has 1 fully saturated rings. The van der Waals surface area contributed by atoms with E-state index in [9.17, 15) is 14.7 Å². The maximum Gasteiger partial charge on any atom is 0.331 e. The maximum absolute atomic E-state index is 12.9. The molecule has 0 spiro atoms. The van der Waals surface area contributed by atoms with E-state index in [0.29, 0.717) is 31.1 Å². The first-order valence-electron chi connectivity index (χ1n) is 9.76. The van der Waals surface area contributed by atoms with Crippen molar-refractivity contribution >= 4 is 6.03 Å². The molecule has 5 rings (SSSR count). The second kappa shape index (κ2) is 6.88. The molecule has 1 saturated carbocycles. The molecule has 3 heterocycles. The van der Waals surface area contributed by atoms with E-state index in [-0.39, 0.29) is 36.1 Å². The zero-order valence-corrected chi connectivity index (χ0v) is 15.8. The molecule has 2 N–H and O–H groups in total. The molecule has 1 aromatic carbocycles. The zero-order chi connectivity index (χ0) is 20.0. The number of rotatable bonds is 4. The highest BCUT2D eigenvalue weighted by molar-refractivity contribution is 5.74. The van der Waals surface area contributed by atoms with Gasteiger partial charge in [0.1, 0.15) is 11.5 Å². The lowest BCUT2D eigenvalue weighted by Gasteiger charge is -2.27. The summed E-state index contributed by atoms with van der Waals surface area (Å²) in [6, 6.07) is 13.3. The van der Waals surface area contributed by atoms with Crippen LogP contribution in [-0.4, -0.2) is 31.7 Å². The molecular weight excluding hydrogens is 372 g/mol. The van der Waals surface area contributed by atoms with Crippen LogP contribution >= 0.6 is 0 Å². The van der Waals surface area contributed by atoms with E-state index in [4.69, 9.17) is 4.42 Å². The van der Waals surface area contributed by atoms with Crippen LogP contribution < -0.4 is 11.0 Å². The Morgan fingerprint density at radius 2 is 2.00 bits per heavy atom. The number of carbonyl (C=O) groups is 1. The zero-order valence-electron chi connectivity index (χ0n) is 15.8. The number of benzene rings is 1. The topological polar surface area (TPSA) is 92.6 Å². The van der Waals surface area contributed by atoms with E-state index in [0.717, 1.165) is 6.42 Å². The molecule has 150 valence electrons. The molecular formula is C21H22N4O4. The Kier molecular flexibility index (Phi) is 4.19. The third-order valence-corrected chi connectivity index (χ3v) is 5.78. The van der Waals surface area contributed by atoms with Gasteiger partial charge in [0, 0.05) is 25.0 Å². The maximum atomic E-state index is 12.9. The van der Waals surface area contributed by atoms with E-state index in [2.05, 4.69) is 5.32 Å². The van der Waals surface area contributed by atoms with Gasteiger partial charge in [-0.15, -0.1) is 0 Å². The Bertz CT molecular complexity index is 1080. The summed E-state index contributed by atoms with van der Waals surface area (Å²) >= 11 is 0. The first-order valence-corrected chi connectivity index (χ1v) is 9.76. The summed E-state index contributed by atoms with van der Waals surface area (Å²) in [5.41, 5.74) is 1.47. The van der Waals surface area contributed by atoms with Gasteiger partial charge in [0.15, 0.2) is 0 Å². The third kappa shape index (κ3) is 3.10. The van der Waals surface area contributed by atoms with Crippen molar-refractivity contribution in [1.82, 2.24) is 19.4 Å². The number of furan rings is 1. The Morgan fingerprint density at radius 1 is 1.17 bits per heavy atom. The van der Waals surface area contributed by atoms with Crippen LogP contribution in [0.15, 0.2) is 57.9 Å². The number of hydrogen-bond donors (Lipinski definition) is 2. The van der Waals surface area contributed by atoms with Gasteiger partial charge >= 0.3 is 11.7 Å². The van der Waals surface area contributed by atoms with E-state index >= 15 is 0 Å². The number of nitrogens with zero attached hydrogens (tertiary/aromatic N) is 3. The molecule has 1 aliphatic heterocycles. The van der Waals surface area contributed by atoms with Gasteiger partial charge in [-0.3, -0.25) is 9.13 Å². The number of aromatic hydroxyl groups is 1. The minimum Gasteiger partial charge on any atom is -0.493 e. The number of imidazole rings is 1. The van der Waals surface area contributed by atoms with Gasteiger partial charge in [0.2, 0.25) is 5.88 Å². The molecule has 2 aliphatic rings. The van der Waals surface area contributed by atoms with Crippen LogP contribution in [0, 0.1) is 0 Å². The normalized spacial score (nSPS) is 20.3. The lowest BCUT2D eigenvalue weighted by Crippen LogP contribution is -2.45. The molecule has 29 heavy (non-hydrogen) atoms.